The molecule has 0 unspecified atom stereocenters. The van der Waals surface area contributed by atoms with Crippen LogP contribution in [-0.4, -0.2) is 39.4 Å². The number of hydrogen-bond donors (Lipinski definition) is 3. The Labute approximate surface area is 108 Å². The van der Waals surface area contributed by atoms with Gasteiger partial charge in [-0.25, -0.2) is 0 Å². The van der Waals surface area contributed by atoms with Crippen molar-refractivity contribution in [2.75, 3.05) is 18.5 Å². The molecule has 0 spiro atoms. The van der Waals surface area contributed by atoms with Crippen molar-refractivity contribution in [3.8, 4) is 0 Å². The Morgan fingerprint density at radius 1 is 1.26 bits per heavy atom. The average molecular weight is 263 g/mol. The maximum absolute atomic E-state index is 10.9. The van der Waals surface area contributed by atoms with Crippen LogP contribution in [0.1, 0.15) is 0 Å². The number of aliphatic hydroxyl groups excluding tert-OH is 2. The first-order valence-corrected chi connectivity index (χ1v) is 5.66. The van der Waals surface area contributed by atoms with Crippen LogP contribution in [-0.2, 0) is 0 Å². The van der Waals surface area contributed by atoms with Gasteiger partial charge in [0.25, 0.3) is 5.69 Å². The van der Waals surface area contributed by atoms with Crippen molar-refractivity contribution in [2.24, 2.45) is 0 Å². The topological polar surface area (TPSA) is 109 Å². The third-order valence-corrected chi connectivity index (χ3v) is 2.79. The number of hydrogen-bond acceptors (Lipinski definition) is 6. The first kappa shape index (κ1) is 13.2. The summed E-state index contributed by atoms with van der Waals surface area (Å²) in [6, 6.07) is 3.97. The molecule has 0 saturated carbocycles. The van der Waals surface area contributed by atoms with E-state index in [1.54, 1.807) is 12.1 Å². The van der Waals surface area contributed by atoms with Crippen molar-refractivity contribution < 1.29 is 15.1 Å². The smallest absolute Gasteiger partial charge is 0.277 e. The SMILES string of the molecule is O=[N+]([O-])c1ccc(NC(CO)CO)c2cnccc12. The molecular formula is C12H13N3O4. The fourth-order valence-electron chi connectivity index (χ4n) is 1.83. The molecule has 1 aromatic carbocycles. The van der Waals surface area contributed by atoms with Crippen molar-refractivity contribution in [2.45, 2.75) is 6.04 Å². The number of benzene rings is 1. The molecule has 0 atom stereocenters. The van der Waals surface area contributed by atoms with Crippen molar-refractivity contribution in [3.63, 3.8) is 0 Å². The fourth-order valence-corrected chi connectivity index (χ4v) is 1.83. The van der Waals surface area contributed by atoms with Gasteiger partial charge in [0, 0.05) is 29.5 Å². The third kappa shape index (κ3) is 2.61. The number of anilines is 1. The minimum atomic E-state index is -0.523. The highest BCUT2D eigenvalue weighted by atomic mass is 16.6. The van der Waals surface area contributed by atoms with E-state index in [0.717, 1.165) is 0 Å². The number of nitrogens with zero attached hydrogens (tertiary/aromatic N) is 2. The lowest BCUT2D eigenvalue weighted by Gasteiger charge is -2.16. The molecular weight excluding hydrogens is 250 g/mol. The summed E-state index contributed by atoms with van der Waals surface area (Å²) in [6.07, 6.45) is 2.99. The summed E-state index contributed by atoms with van der Waals surface area (Å²) in [5, 5.41) is 33.0. The van der Waals surface area contributed by atoms with Crippen molar-refractivity contribution >= 4 is 22.1 Å². The van der Waals surface area contributed by atoms with Gasteiger partial charge < -0.3 is 15.5 Å². The van der Waals surface area contributed by atoms with E-state index >= 15 is 0 Å². The zero-order valence-electron chi connectivity index (χ0n) is 9.98. The summed E-state index contributed by atoms with van der Waals surface area (Å²) in [4.78, 5) is 14.4. The lowest BCUT2D eigenvalue weighted by molar-refractivity contribution is -0.383. The summed E-state index contributed by atoms with van der Waals surface area (Å²) >= 11 is 0. The zero-order chi connectivity index (χ0) is 13.8. The molecule has 0 aliphatic carbocycles. The molecule has 2 aromatic rings. The lowest BCUT2D eigenvalue weighted by atomic mass is 10.1. The molecule has 0 saturated heterocycles. The predicted molar refractivity (Wildman–Crippen MR) is 70.0 cm³/mol. The molecule has 2 rings (SSSR count). The van der Waals surface area contributed by atoms with Gasteiger partial charge in [-0.2, -0.15) is 0 Å². The van der Waals surface area contributed by atoms with Gasteiger partial charge >= 0.3 is 0 Å². The van der Waals surface area contributed by atoms with Crippen molar-refractivity contribution in [1.29, 1.82) is 0 Å². The highest BCUT2D eigenvalue weighted by Gasteiger charge is 2.15. The molecule has 100 valence electrons. The Morgan fingerprint density at radius 3 is 2.63 bits per heavy atom. The number of nitrogens with one attached hydrogen (secondary N) is 1. The molecule has 0 radical (unpaired) electrons. The van der Waals surface area contributed by atoms with Gasteiger partial charge in [-0.05, 0) is 12.1 Å². The zero-order valence-corrected chi connectivity index (χ0v) is 9.98. The molecule has 0 bridgehead atoms. The normalized spacial score (nSPS) is 10.9. The Morgan fingerprint density at radius 2 is 2.00 bits per heavy atom. The molecule has 19 heavy (non-hydrogen) atoms. The summed E-state index contributed by atoms with van der Waals surface area (Å²) in [5.41, 5.74) is 0.578. The summed E-state index contributed by atoms with van der Waals surface area (Å²) in [7, 11) is 0. The van der Waals surface area contributed by atoms with Crippen molar-refractivity contribution in [1.82, 2.24) is 4.98 Å². The molecule has 0 aliphatic rings. The van der Waals surface area contributed by atoms with Crippen LogP contribution in [0.25, 0.3) is 10.8 Å². The van der Waals surface area contributed by atoms with Gasteiger partial charge in [-0.3, -0.25) is 15.1 Å². The number of aliphatic hydroxyl groups is 2. The van der Waals surface area contributed by atoms with E-state index in [4.69, 9.17) is 10.2 Å². The van der Waals surface area contributed by atoms with E-state index in [2.05, 4.69) is 10.3 Å². The van der Waals surface area contributed by atoms with Gasteiger partial charge in [-0.15, -0.1) is 0 Å². The van der Waals surface area contributed by atoms with E-state index in [1.807, 2.05) is 0 Å². The van der Waals surface area contributed by atoms with Gasteiger partial charge in [0.2, 0.25) is 0 Å². The number of fused-ring (bicyclic) bond motifs is 1. The summed E-state index contributed by atoms with van der Waals surface area (Å²) < 4.78 is 0. The second-order valence-electron chi connectivity index (χ2n) is 4.02. The maximum atomic E-state index is 10.9. The quantitative estimate of drug-likeness (QED) is 0.546. The van der Waals surface area contributed by atoms with Gasteiger partial charge in [-0.1, -0.05) is 0 Å². The third-order valence-electron chi connectivity index (χ3n) is 2.79. The van der Waals surface area contributed by atoms with Crippen molar-refractivity contribution in [3.05, 3.63) is 40.7 Å². The predicted octanol–water partition coefficient (Wildman–Crippen LogP) is 0.908. The highest BCUT2D eigenvalue weighted by Crippen LogP contribution is 2.30. The fraction of sp³-hybridized carbons (Fsp3) is 0.250. The number of non-ortho nitro benzene ring substituents is 1. The molecule has 3 N–H and O–H groups in total. The van der Waals surface area contributed by atoms with Crippen LogP contribution >= 0.6 is 0 Å². The Kier molecular flexibility index (Phi) is 3.88. The molecule has 0 amide bonds. The standard InChI is InChI=1S/C12H13N3O4/c16-6-8(7-17)14-11-1-2-12(15(18)19)9-3-4-13-5-10(9)11/h1-5,8,14,16-17H,6-7H2. The van der Waals surface area contributed by atoms with Crippen LogP contribution in [0.2, 0.25) is 0 Å². The monoisotopic (exact) mass is 263 g/mol. The van der Waals surface area contributed by atoms with E-state index in [-0.39, 0.29) is 18.9 Å². The number of aromatic nitrogens is 1. The maximum Gasteiger partial charge on any atom is 0.277 e. The number of rotatable bonds is 5. The first-order valence-electron chi connectivity index (χ1n) is 5.66. The lowest BCUT2D eigenvalue weighted by Crippen LogP contribution is -2.27. The van der Waals surface area contributed by atoms with E-state index < -0.39 is 11.0 Å². The number of nitro groups is 1. The molecule has 0 fully saturated rings. The number of pyridine rings is 1. The van der Waals surface area contributed by atoms with Crippen LogP contribution in [0, 0.1) is 10.1 Å². The van der Waals surface area contributed by atoms with E-state index in [1.165, 1.54) is 18.5 Å². The van der Waals surface area contributed by atoms with Crippen LogP contribution in [0.3, 0.4) is 0 Å². The van der Waals surface area contributed by atoms with Crippen LogP contribution in [0.4, 0.5) is 11.4 Å². The Hall–Kier alpha value is -2.25. The Balaban J connectivity index is 2.52. The molecule has 7 heteroatoms. The molecule has 1 heterocycles. The van der Waals surface area contributed by atoms with E-state index in [9.17, 15) is 10.1 Å². The first-order chi connectivity index (χ1) is 9.17. The molecule has 0 aliphatic heterocycles. The minimum absolute atomic E-state index is 0.00695. The number of nitro benzene ring substituents is 1. The van der Waals surface area contributed by atoms with Crippen LogP contribution in [0.5, 0.6) is 0 Å². The van der Waals surface area contributed by atoms with E-state index in [0.29, 0.717) is 16.5 Å². The van der Waals surface area contributed by atoms with Gasteiger partial charge in [0.15, 0.2) is 0 Å². The van der Waals surface area contributed by atoms with Crippen LogP contribution in [0.15, 0.2) is 30.6 Å². The second-order valence-corrected chi connectivity index (χ2v) is 4.02. The second kappa shape index (κ2) is 5.59. The molecule has 7 nitrogen and oxygen atoms in total. The summed E-state index contributed by atoms with van der Waals surface area (Å²) in [6.45, 7) is -0.482. The largest absolute Gasteiger partial charge is 0.394 e. The van der Waals surface area contributed by atoms with Crippen LogP contribution < -0.4 is 5.32 Å². The van der Waals surface area contributed by atoms with Gasteiger partial charge in [0.1, 0.15) is 0 Å². The average Bonchev–Trinajstić information content (AvgIpc) is 2.44. The van der Waals surface area contributed by atoms with Gasteiger partial charge in [0.05, 0.1) is 29.6 Å². The minimum Gasteiger partial charge on any atom is -0.394 e. The Bertz CT molecular complexity index is 599. The highest BCUT2D eigenvalue weighted by molar-refractivity contribution is 5.99. The molecule has 1 aromatic heterocycles. The summed E-state index contributed by atoms with van der Waals surface area (Å²) in [5.74, 6) is 0.